The van der Waals surface area contributed by atoms with E-state index in [0.29, 0.717) is 12.5 Å². The zero-order chi connectivity index (χ0) is 18.1. The third-order valence-corrected chi connectivity index (χ3v) is 7.37. The summed E-state index contributed by atoms with van der Waals surface area (Å²) in [4.78, 5) is 14.5. The fourth-order valence-corrected chi connectivity index (χ4v) is 6.31. The lowest BCUT2D eigenvalue weighted by atomic mass is 9.62. The molecule has 5 heteroatoms. The molecule has 0 aliphatic carbocycles. The number of ether oxygens (including phenoxy) is 1. The normalized spacial score (nSPS) is 35.2. The van der Waals surface area contributed by atoms with Crippen LogP contribution in [0.1, 0.15) is 49.9 Å². The lowest BCUT2D eigenvalue weighted by Gasteiger charge is -2.55. The lowest BCUT2D eigenvalue weighted by Crippen LogP contribution is -3.16. The predicted molar refractivity (Wildman–Crippen MR) is 97.9 cm³/mol. The number of para-hydroxylation sites is 1. The van der Waals surface area contributed by atoms with Crippen LogP contribution in [0.2, 0.25) is 0 Å². The molecular formula is C21H27N2O3+. The van der Waals surface area contributed by atoms with Crippen LogP contribution >= 0.6 is 0 Å². The van der Waals surface area contributed by atoms with Gasteiger partial charge in [-0.3, -0.25) is 0 Å². The number of piperidine rings is 1. The van der Waals surface area contributed by atoms with E-state index in [4.69, 9.17) is 4.74 Å². The number of aromatic nitrogens is 1. The van der Waals surface area contributed by atoms with Crippen molar-refractivity contribution in [1.82, 2.24) is 4.57 Å². The number of hydrogen-bond acceptors (Lipinski definition) is 3. The van der Waals surface area contributed by atoms with Crippen LogP contribution in [-0.4, -0.2) is 35.8 Å². The van der Waals surface area contributed by atoms with Crippen LogP contribution in [0.25, 0.3) is 10.9 Å². The Kier molecular flexibility index (Phi) is 3.35. The fraction of sp³-hybridized carbons (Fsp3) is 0.571. The molecule has 0 spiro atoms. The van der Waals surface area contributed by atoms with Gasteiger partial charge in [0.05, 0.1) is 31.4 Å². The third kappa shape index (κ3) is 1.80. The molecule has 2 aromatic rings. The predicted octanol–water partition coefficient (Wildman–Crippen LogP) is 1.54. The molecule has 4 atom stereocenters. The van der Waals surface area contributed by atoms with E-state index in [9.17, 15) is 9.90 Å². The monoisotopic (exact) mass is 355 g/mol. The van der Waals surface area contributed by atoms with E-state index < -0.39 is 11.7 Å². The van der Waals surface area contributed by atoms with Crippen molar-refractivity contribution in [3.05, 3.63) is 35.5 Å². The molecule has 0 saturated carbocycles. The highest BCUT2D eigenvalue weighted by atomic mass is 16.5. The number of benzene rings is 1. The average molecular weight is 355 g/mol. The molecular weight excluding hydrogens is 328 g/mol. The van der Waals surface area contributed by atoms with E-state index in [1.54, 1.807) is 4.90 Å². The summed E-state index contributed by atoms with van der Waals surface area (Å²) >= 11 is 0. The number of nitrogens with one attached hydrogen (secondary N) is 1. The Bertz CT molecular complexity index is 904. The van der Waals surface area contributed by atoms with Crippen molar-refractivity contribution >= 4 is 16.9 Å². The van der Waals surface area contributed by atoms with Crippen LogP contribution < -0.4 is 4.90 Å². The number of esters is 1. The highest BCUT2D eigenvalue weighted by Crippen LogP contribution is 2.56. The standard InChI is InChI=1S/C21H26N2O3/c1-3-20-10-6-11-22-12-9-15-14-7-4-5-8-16(14)23(17(15)18(20)22)21(25,13-20)19(24)26-2/h4-5,7-8,18,25H,3,6,9-13H2,1-2H3/p+1/t18-,20+,21+/m1/s1. The minimum absolute atomic E-state index is 0.0456. The number of carbonyl (C=O) groups is 1. The van der Waals surface area contributed by atoms with Gasteiger partial charge in [0.2, 0.25) is 5.72 Å². The van der Waals surface area contributed by atoms with Crippen molar-refractivity contribution in [1.29, 1.82) is 0 Å². The van der Waals surface area contributed by atoms with Crippen LogP contribution in [0, 0.1) is 5.41 Å². The van der Waals surface area contributed by atoms with Crippen LogP contribution in [0.5, 0.6) is 0 Å². The number of nitrogens with zero attached hydrogens (tertiary/aromatic N) is 1. The Hall–Kier alpha value is -1.85. The number of hydrogen-bond donors (Lipinski definition) is 2. The summed E-state index contributed by atoms with van der Waals surface area (Å²) in [6, 6.07) is 8.57. The third-order valence-electron chi connectivity index (χ3n) is 7.37. The van der Waals surface area contributed by atoms with Gasteiger partial charge in [-0.05, 0) is 30.9 Å². The van der Waals surface area contributed by atoms with E-state index in [0.717, 1.165) is 37.7 Å². The number of methoxy groups -OCH3 is 1. The zero-order valence-corrected chi connectivity index (χ0v) is 15.5. The molecule has 3 aliphatic heterocycles. The molecule has 1 saturated heterocycles. The van der Waals surface area contributed by atoms with Gasteiger partial charge >= 0.3 is 5.97 Å². The maximum atomic E-state index is 12.8. The van der Waals surface area contributed by atoms with E-state index in [1.165, 1.54) is 30.3 Å². The van der Waals surface area contributed by atoms with Gasteiger partial charge in [-0.2, -0.15) is 0 Å². The minimum Gasteiger partial charge on any atom is -0.465 e. The van der Waals surface area contributed by atoms with E-state index >= 15 is 0 Å². The molecule has 1 aromatic heterocycles. The summed E-state index contributed by atoms with van der Waals surface area (Å²) in [6.07, 6.45) is 4.65. The largest absolute Gasteiger partial charge is 0.465 e. The van der Waals surface area contributed by atoms with Crippen molar-refractivity contribution in [3.8, 4) is 0 Å². The molecule has 1 aromatic carbocycles. The maximum absolute atomic E-state index is 12.8. The number of aliphatic hydroxyl groups is 1. The summed E-state index contributed by atoms with van der Waals surface area (Å²) in [5.41, 5.74) is 1.82. The second-order valence-electron chi connectivity index (χ2n) is 8.36. The highest BCUT2D eigenvalue weighted by Gasteiger charge is 2.62. The Morgan fingerprint density at radius 3 is 2.96 bits per heavy atom. The molecule has 5 nitrogen and oxygen atoms in total. The SMILES string of the molecule is CC[C@]12CCC[NH+]3CCc4c(n(c5ccccc45)[C@@](O)(C(=O)OC)C1)[C@@H]32. The quantitative estimate of drug-likeness (QED) is 0.804. The molecule has 26 heavy (non-hydrogen) atoms. The van der Waals surface area contributed by atoms with Gasteiger partial charge in [-0.15, -0.1) is 0 Å². The molecule has 1 fully saturated rings. The Balaban J connectivity index is 1.89. The van der Waals surface area contributed by atoms with E-state index in [-0.39, 0.29) is 5.41 Å². The zero-order valence-electron chi connectivity index (χ0n) is 15.5. The first kappa shape index (κ1) is 16.3. The molecule has 0 radical (unpaired) electrons. The maximum Gasteiger partial charge on any atom is 0.359 e. The number of carbonyl (C=O) groups excluding carboxylic acids is 1. The Morgan fingerprint density at radius 1 is 1.38 bits per heavy atom. The van der Waals surface area contributed by atoms with Crippen molar-refractivity contribution in [2.45, 2.75) is 50.8 Å². The highest BCUT2D eigenvalue weighted by molar-refractivity contribution is 5.89. The van der Waals surface area contributed by atoms with Crippen molar-refractivity contribution in [2.75, 3.05) is 20.2 Å². The molecule has 0 amide bonds. The van der Waals surface area contributed by atoms with Gasteiger partial charge in [0.15, 0.2) is 0 Å². The second-order valence-corrected chi connectivity index (χ2v) is 8.36. The first-order valence-corrected chi connectivity index (χ1v) is 9.84. The van der Waals surface area contributed by atoms with E-state index in [2.05, 4.69) is 19.1 Å². The van der Waals surface area contributed by atoms with Crippen molar-refractivity contribution < 1.29 is 19.5 Å². The molecule has 3 aliphatic rings. The van der Waals surface area contributed by atoms with E-state index in [1.807, 2.05) is 16.7 Å². The van der Waals surface area contributed by atoms with Gasteiger partial charge in [-0.1, -0.05) is 25.1 Å². The van der Waals surface area contributed by atoms with Crippen LogP contribution in [-0.2, 0) is 21.7 Å². The summed E-state index contributed by atoms with van der Waals surface area (Å²) < 4.78 is 7.04. The smallest absolute Gasteiger partial charge is 0.359 e. The fourth-order valence-electron chi connectivity index (χ4n) is 6.31. The lowest BCUT2D eigenvalue weighted by molar-refractivity contribution is -0.950. The van der Waals surface area contributed by atoms with Gasteiger partial charge in [0, 0.05) is 23.6 Å². The molecule has 4 heterocycles. The number of fused-ring (bicyclic) bond motifs is 3. The van der Waals surface area contributed by atoms with Crippen molar-refractivity contribution in [2.24, 2.45) is 5.41 Å². The molecule has 0 bridgehead atoms. The van der Waals surface area contributed by atoms with Gasteiger partial charge in [-0.25, -0.2) is 4.79 Å². The van der Waals surface area contributed by atoms with Crippen LogP contribution in [0.15, 0.2) is 24.3 Å². The first-order chi connectivity index (χ1) is 12.6. The number of quaternary nitrogens is 1. The molecule has 5 rings (SSSR count). The summed E-state index contributed by atoms with van der Waals surface area (Å²) in [7, 11) is 1.38. The Labute approximate surface area is 153 Å². The number of rotatable bonds is 2. The van der Waals surface area contributed by atoms with Gasteiger partial charge < -0.3 is 19.3 Å². The van der Waals surface area contributed by atoms with Gasteiger partial charge in [0.25, 0.3) is 0 Å². The average Bonchev–Trinajstić information content (AvgIpc) is 3.02. The van der Waals surface area contributed by atoms with Gasteiger partial charge in [0.1, 0.15) is 6.04 Å². The van der Waals surface area contributed by atoms with Crippen LogP contribution in [0.4, 0.5) is 0 Å². The Morgan fingerprint density at radius 2 is 2.19 bits per heavy atom. The first-order valence-electron chi connectivity index (χ1n) is 9.84. The summed E-state index contributed by atoms with van der Waals surface area (Å²) in [6.45, 7) is 4.54. The van der Waals surface area contributed by atoms with Crippen LogP contribution in [0.3, 0.4) is 0 Å². The minimum atomic E-state index is -1.62. The summed E-state index contributed by atoms with van der Waals surface area (Å²) in [5, 5.41) is 12.9. The molecule has 2 N–H and O–H groups in total. The topological polar surface area (TPSA) is 55.9 Å². The summed E-state index contributed by atoms with van der Waals surface area (Å²) in [5.74, 6) is -0.537. The second kappa shape index (κ2) is 5.33. The van der Waals surface area contributed by atoms with Crippen molar-refractivity contribution in [3.63, 3.8) is 0 Å². The molecule has 1 unspecified atom stereocenters. The molecule has 138 valence electrons.